The Morgan fingerprint density at radius 2 is 2.05 bits per heavy atom. The molecule has 4 heteroatoms. The van der Waals surface area contributed by atoms with Crippen LogP contribution in [-0.4, -0.2) is 15.8 Å². The first kappa shape index (κ1) is 14.3. The zero-order chi connectivity index (χ0) is 13.8. The van der Waals surface area contributed by atoms with Crippen molar-refractivity contribution in [1.82, 2.24) is 9.78 Å². The molecule has 0 spiro atoms. The van der Waals surface area contributed by atoms with Crippen molar-refractivity contribution in [2.24, 2.45) is 12.8 Å². The molecule has 0 saturated carbocycles. The Bertz CT molecular complexity index is 514. The summed E-state index contributed by atoms with van der Waals surface area (Å²) in [5, 5.41) is 6.58. The molecular formula is C15H23N3S. The second kappa shape index (κ2) is 6.35. The van der Waals surface area contributed by atoms with Crippen LogP contribution in [0.5, 0.6) is 0 Å². The van der Waals surface area contributed by atoms with Crippen LogP contribution in [0.25, 0.3) is 0 Å². The van der Waals surface area contributed by atoms with Crippen LogP contribution in [-0.2, 0) is 19.9 Å². The number of aromatic nitrogens is 2. The predicted molar refractivity (Wildman–Crippen MR) is 81.6 cm³/mol. The van der Waals surface area contributed by atoms with E-state index in [1.54, 1.807) is 0 Å². The molecule has 104 valence electrons. The molecule has 0 fully saturated rings. The van der Waals surface area contributed by atoms with Gasteiger partial charge in [-0.1, -0.05) is 6.07 Å². The van der Waals surface area contributed by atoms with Crippen molar-refractivity contribution >= 4 is 11.3 Å². The Kier molecular flexibility index (Phi) is 4.77. The Balaban J connectivity index is 1.81. The standard InChI is InChI=1S/C15H23N3S/c1-11-15(12(2)18(3)17-11)9-7-13(16)6-8-14-5-4-10-19-14/h4-5,10,13H,6-9,16H2,1-3H3. The third kappa shape index (κ3) is 3.67. The molecule has 1 unspecified atom stereocenters. The molecule has 0 aromatic carbocycles. The monoisotopic (exact) mass is 277 g/mol. The van der Waals surface area contributed by atoms with Gasteiger partial charge in [-0.25, -0.2) is 0 Å². The summed E-state index contributed by atoms with van der Waals surface area (Å²) in [6, 6.07) is 4.57. The van der Waals surface area contributed by atoms with Crippen LogP contribution in [0.2, 0.25) is 0 Å². The average Bonchev–Trinajstić information content (AvgIpc) is 2.96. The number of aryl methyl sites for hydroxylation is 3. The maximum Gasteiger partial charge on any atom is 0.0628 e. The summed E-state index contributed by atoms with van der Waals surface area (Å²) in [6.45, 7) is 4.21. The van der Waals surface area contributed by atoms with Gasteiger partial charge in [0.05, 0.1) is 5.69 Å². The van der Waals surface area contributed by atoms with Crippen LogP contribution in [0.1, 0.15) is 34.7 Å². The van der Waals surface area contributed by atoms with E-state index < -0.39 is 0 Å². The summed E-state index contributed by atoms with van der Waals surface area (Å²) in [5.74, 6) is 0. The fourth-order valence-corrected chi connectivity index (χ4v) is 3.16. The highest BCUT2D eigenvalue weighted by Crippen LogP contribution is 2.17. The third-order valence-electron chi connectivity index (χ3n) is 3.77. The Hall–Kier alpha value is -1.13. The van der Waals surface area contributed by atoms with Crippen LogP contribution in [0.3, 0.4) is 0 Å². The first-order valence-corrected chi connectivity index (χ1v) is 7.73. The first-order valence-electron chi connectivity index (χ1n) is 6.85. The maximum atomic E-state index is 6.22. The van der Waals surface area contributed by atoms with Crippen molar-refractivity contribution < 1.29 is 0 Å². The van der Waals surface area contributed by atoms with Crippen molar-refractivity contribution in [2.45, 2.75) is 45.6 Å². The number of thiophene rings is 1. The fourth-order valence-electron chi connectivity index (χ4n) is 2.44. The summed E-state index contributed by atoms with van der Waals surface area (Å²) in [5.41, 5.74) is 10.0. The number of nitrogens with two attached hydrogens (primary N) is 1. The highest BCUT2D eigenvalue weighted by molar-refractivity contribution is 7.09. The molecule has 19 heavy (non-hydrogen) atoms. The molecule has 2 aromatic rings. The van der Waals surface area contributed by atoms with E-state index in [-0.39, 0.29) is 6.04 Å². The molecule has 0 radical (unpaired) electrons. The third-order valence-corrected chi connectivity index (χ3v) is 4.70. The highest BCUT2D eigenvalue weighted by atomic mass is 32.1. The number of rotatable bonds is 6. The lowest BCUT2D eigenvalue weighted by Gasteiger charge is -2.11. The summed E-state index contributed by atoms with van der Waals surface area (Å²) >= 11 is 1.82. The zero-order valence-electron chi connectivity index (χ0n) is 12.0. The largest absolute Gasteiger partial charge is 0.328 e. The molecule has 2 aromatic heterocycles. The Labute approximate surface area is 119 Å². The minimum atomic E-state index is 0.279. The van der Waals surface area contributed by atoms with Crippen molar-refractivity contribution in [1.29, 1.82) is 0 Å². The van der Waals surface area contributed by atoms with Gasteiger partial charge in [-0.3, -0.25) is 4.68 Å². The van der Waals surface area contributed by atoms with Crippen molar-refractivity contribution in [3.63, 3.8) is 0 Å². The van der Waals surface area contributed by atoms with Crippen LogP contribution in [0.4, 0.5) is 0 Å². The smallest absolute Gasteiger partial charge is 0.0628 e. The van der Waals surface area contributed by atoms with Gasteiger partial charge in [0.1, 0.15) is 0 Å². The van der Waals surface area contributed by atoms with E-state index >= 15 is 0 Å². The minimum absolute atomic E-state index is 0.279. The Morgan fingerprint density at radius 1 is 1.32 bits per heavy atom. The molecule has 0 aliphatic rings. The van der Waals surface area contributed by atoms with E-state index in [9.17, 15) is 0 Å². The van der Waals surface area contributed by atoms with E-state index in [1.165, 1.54) is 16.1 Å². The van der Waals surface area contributed by atoms with Gasteiger partial charge in [0.15, 0.2) is 0 Å². The SMILES string of the molecule is Cc1nn(C)c(C)c1CCC(N)CCc1cccs1. The van der Waals surface area contributed by atoms with Gasteiger partial charge >= 0.3 is 0 Å². The maximum absolute atomic E-state index is 6.22. The first-order chi connectivity index (χ1) is 9.08. The molecule has 0 aliphatic heterocycles. The van der Waals surface area contributed by atoms with Crippen molar-refractivity contribution in [2.75, 3.05) is 0 Å². The van der Waals surface area contributed by atoms with Gasteiger partial charge in [-0.2, -0.15) is 5.10 Å². The van der Waals surface area contributed by atoms with Gasteiger partial charge < -0.3 is 5.73 Å². The van der Waals surface area contributed by atoms with Gasteiger partial charge in [-0.05, 0) is 56.5 Å². The number of nitrogens with zero attached hydrogens (tertiary/aromatic N) is 2. The van der Waals surface area contributed by atoms with Gasteiger partial charge in [0.25, 0.3) is 0 Å². The van der Waals surface area contributed by atoms with E-state index in [4.69, 9.17) is 5.73 Å². The molecular weight excluding hydrogens is 254 g/mol. The van der Waals surface area contributed by atoms with Crippen LogP contribution in [0, 0.1) is 13.8 Å². The molecule has 0 saturated heterocycles. The predicted octanol–water partition coefficient (Wildman–Crippen LogP) is 2.99. The molecule has 0 amide bonds. The van der Waals surface area contributed by atoms with Crippen molar-refractivity contribution in [3.8, 4) is 0 Å². The van der Waals surface area contributed by atoms with E-state index in [0.717, 1.165) is 31.4 Å². The highest BCUT2D eigenvalue weighted by Gasteiger charge is 2.11. The Morgan fingerprint density at radius 3 is 2.63 bits per heavy atom. The second-order valence-corrected chi connectivity index (χ2v) is 6.22. The molecule has 2 heterocycles. The number of hydrogen-bond donors (Lipinski definition) is 1. The molecule has 2 N–H and O–H groups in total. The topological polar surface area (TPSA) is 43.8 Å². The lowest BCUT2D eigenvalue weighted by Crippen LogP contribution is -2.21. The van der Waals surface area contributed by atoms with Gasteiger partial charge in [0.2, 0.25) is 0 Å². The quantitative estimate of drug-likeness (QED) is 0.882. The molecule has 0 aliphatic carbocycles. The lowest BCUT2D eigenvalue weighted by atomic mass is 10.0. The summed E-state index contributed by atoms with van der Waals surface area (Å²) < 4.78 is 1.96. The normalized spacial score (nSPS) is 12.8. The van der Waals surface area contributed by atoms with Crippen molar-refractivity contribution in [3.05, 3.63) is 39.3 Å². The molecule has 0 bridgehead atoms. The zero-order valence-corrected chi connectivity index (χ0v) is 12.8. The average molecular weight is 277 g/mol. The molecule has 2 rings (SSSR count). The number of hydrogen-bond acceptors (Lipinski definition) is 3. The van der Waals surface area contributed by atoms with Crippen LogP contribution in [0.15, 0.2) is 17.5 Å². The summed E-state index contributed by atoms with van der Waals surface area (Å²) in [4.78, 5) is 1.43. The van der Waals surface area contributed by atoms with Gasteiger partial charge in [0, 0.05) is 23.7 Å². The lowest BCUT2D eigenvalue weighted by molar-refractivity contribution is 0.569. The summed E-state index contributed by atoms with van der Waals surface area (Å²) in [6.07, 6.45) is 4.25. The van der Waals surface area contributed by atoms with E-state index in [0.29, 0.717) is 0 Å². The minimum Gasteiger partial charge on any atom is -0.328 e. The van der Waals surface area contributed by atoms with E-state index in [2.05, 4.69) is 36.5 Å². The van der Waals surface area contributed by atoms with E-state index in [1.807, 2.05) is 23.1 Å². The second-order valence-electron chi connectivity index (χ2n) is 5.19. The molecule has 1 atom stereocenters. The summed E-state index contributed by atoms with van der Waals surface area (Å²) in [7, 11) is 2.00. The van der Waals surface area contributed by atoms with Crippen LogP contribution < -0.4 is 5.73 Å². The molecule has 3 nitrogen and oxygen atoms in total. The fraction of sp³-hybridized carbons (Fsp3) is 0.533. The van der Waals surface area contributed by atoms with Gasteiger partial charge in [-0.15, -0.1) is 11.3 Å². The van der Waals surface area contributed by atoms with Crippen LogP contribution >= 0.6 is 11.3 Å².